The first kappa shape index (κ1) is 16.7. The molecule has 0 saturated heterocycles. The molecule has 5 heteroatoms. The summed E-state index contributed by atoms with van der Waals surface area (Å²) in [6, 6.07) is 13.6. The molecule has 24 heavy (non-hydrogen) atoms. The number of benzene rings is 2. The zero-order valence-corrected chi connectivity index (χ0v) is 15.0. The summed E-state index contributed by atoms with van der Waals surface area (Å²) in [4.78, 5) is 16.8. The fraction of sp³-hybridized carbons (Fsp3) is 0.158. The highest BCUT2D eigenvalue weighted by Crippen LogP contribution is 2.25. The van der Waals surface area contributed by atoms with E-state index in [2.05, 4.69) is 29.4 Å². The first-order chi connectivity index (χ1) is 11.5. The number of hydrogen-bond acceptors (Lipinski definition) is 3. The molecule has 122 valence electrons. The van der Waals surface area contributed by atoms with Crippen molar-refractivity contribution in [3.63, 3.8) is 0 Å². The lowest BCUT2D eigenvalue weighted by molar-refractivity contribution is -0.115. The van der Waals surface area contributed by atoms with Gasteiger partial charge in [-0.1, -0.05) is 41.4 Å². The molecule has 1 N–H and O–H groups in total. The fourth-order valence-corrected chi connectivity index (χ4v) is 3.38. The Morgan fingerprint density at radius 1 is 1.21 bits per heavy atom. The molecule has 0 radical (unpaired) electrons. The van der Waals surface area contributed by atoms with Gasteiger partial charge in [0.05, 0.1) is 12.1 Å². The number of halogens is 1. The topological polar surface area (TPSA) is 42.0 Å². The van der Waals surface area contributed by atoms with Crippen molar-refractivity contribution in [2.75, 3.05) is 5.32 Å². The smallest absolute Gasteiger partial charge is 0.230 e. The first-order valence-corrected chi connectivity index (χ1v) is 8.84. The highest BCUT2D eigenvalue weighted by Gasteiger charge is 2.11. The van der Waals surface area contributed by atoms with E-state index in [-0.39, 0.29) is 12.3 Å². The molecular weight excluding hydrogens is 340 g/mol. The van der Waals surface area contributed by atoms with Crippen LogP contribution in [0.15, 0.2) is 47.8 Å². The number of hydrogen-bond donors (Lipinski definition) is 1. The number of aromatic nitrogens is 1. The van der Waals surface area contributed by atoms with Crippen molar-refractivity contribution in [3.05, 3.63) is 69.7 Å². The predicted octanol–water partition coefficient (Wildman–Crippen LogP) is 5.26. The summed E-state index contributed by atoms with van der Waals surface area (Å²) < 4.78 is 0. The van der Waals surface area contributed by atoms with Crippen LogP contribution in [0.2, 0.25) is 5.02 Å². The van der Waals surface area contributed by atoms with Crippen molar-refractivity contribution in [3.8, 4) is 10.6 Å². The summed E-state index contributed by atoms with van der Waals surface area (Å²) in [6.07, 6.45) is 0.244. The molecule has 0 fully saturated rings. The SMILES string of the molecule is Cc1cccc(-c2nc(CC(=O)Nc3cc(Cl)ccc3C)cs2)c1. The van der Waals surface area contributed by atoms with Gasteiger partial charge in [0.2, 0.25) is 5.91 Å². The lowest BCUT2D eigenvalue weighted by Crippen LogP contribution is -2.15. The Hall–Kier alpha value is -2.17. The van der Waals surface area contributed by atoms with E-state index in [1.807, 2.05) is 30.5 Å². The van der Waals surface area contributed by atoms with Crippen LogP contribution in [0, 0.1) is 13.8 Å². The van der Waals surface area contributed by atoms with E-state index in [4.69, 9.17) is 11.6 Å². The van der Waals surface area contributed by atoms with Gasteiger partial charge >= 0.3 is 0 Å². The predicted molar refractivity (Wildman–Crippen MR) is 101 cm³/mol. The second-order valence-electron chi connectivity index (χ2n) is 5.70. The van der Waals surface area contributed by atoms with Crippen molar-refractivity contribution in [1.29, 1.82) is 0 Å². The van der Waals surface area contributed by atoms with Crippen LogP contribution in [0.25, 0.3) is 10.6 Å². The molecule has 0 atom stereocenters. The molecule has 0 aliphatic rings. The zero-order valence-electron chi connectivity index (χ0n) is 13.5. The third kappa shape index (κ3) is 4.02. The number of carbonyl (C=O) groups excluding carboxylic acids is 1. The van der Waals surface area contributed by atoms with Gasteiger partial charge in [0.15, 0.2) is 0 Å². The quantitative estimate of drug-likeness (QED) is 0.692. The molecule has 0 bridgehead atoms. The van der Waals surface area contributed by atoms with Crippen molar-refractivity contribution >= 4 is 34.5 Å². The minimum Gasteiger partial charge on any atom is -0.325 e. The fourth-order valence-electron chi connectivity index (χ4n) is 2.39. The van der Waals surface area contributed by atoms with E-state index >= 15 is 0 Å². The molecule has 1 aromatic heterocycles. The average molecular weight is 357 g/mol. The second-order valence-corrected chi connectivity index (χ2v) is 6.99. The van der Waals surface area contributed by atoms with Gasteiger partial charge in [-0.25, -0.2) is 4.98 Å². The van der Waals surface area contributed by atoms with Crippen molar-refractivity contribution in [2.24, 2.45) is 0 Å². The first-order valence-electron chi connectivity index (χ1n) is 7.59. The van der Waals surface area contributed by atoms with Gasteiger partial charge in [0, 0.05) is 21.7 Å². The number of aryl methyl sites for hydroxylation is 2. The van der Waals surface area contributed by atoms with Crippen molar-refractivity contribution in [2.45, 2.75) is 20.3 Å². The number of carbonyl (C=O) groups is 1. The largest absolute Gasteiger partial charge is 0.325 e. The van der Waals surface area contributed by atoms with Crippen LogP contribution in [0.3, 0.4) is 0 Å². The zero-order chi connectivity index (χ0) is 17.1. The maximum atomic E-state index is 12.3. The molecule has 2 aromatic carbocycles. The number of nitrogens with zero attached hydrogens (tertiary/aromatic N) is 1. The van der Waals surface area contributed by atoms with Crippen molar-refractivity contribution < 1.29 is 4.79 Å². The molecule has 0 aliphatic heterocycles. The Morgan fingerprint density at radius 2 is 2.04 bits per heavy atom. The van der Waals surface area contributed by atoms with Crippen molar-refractivity contribution in [1.82, 2.24) is 4.98 Å². The van der Waals surface area contributed by atoms with Gasteiger partial charge in [-0.3, -0.25) is 4.79 Å². The molecule has 3 aromatic rings. The van der Waals surface area contributed by atoms with Crippen LogP contribution in [0.4, 0.5) is 5.69 Å². The van der Waals surface area contributed by atoms with E-state index in [0.29, 0.717) is 5.02 Å². The average Bonchev–Trinajstić information content (AvgIpc) is 2.99. The van der Waals surface area contributed by atoms with Crippen LogP contribution in [-0.4, -0.2) is 10.9 Å². The normalized spacial score (nSPS) is 10.6. The maximum absolute atomic E-state index is 12.3. The Labute approximate surface area is 150 Å². The number of thiazole rings is 1. The molecule has 3 rings (SSSR count). The highest BCUT2D eigenvalue weighted by atomic mass is 35.5. The molecule has 1 amide bonds. The Kier molecular flexibility index (Phi) is 4.97. The van der Waals surface area contributed by atoms with Crippen LogP contribution in [0.5, 0.6) is 0 Å². The molecular formula is C19H17ClN2OS. The molecule has 0 unspecified atom stereocenters. The Morgan fingerprint density at radius 3 is 2.83 bits per heavy atom. The second kappa shape index (κ2) is 7.16. The van der Waals surface area contributed by atoms with Gasteiger partial charge < -0.3 is 5.32 Å². The summed E-state index contributed by atoms with van der Waals surface area (Å²) >= 11 is 7.54. The molecule has 3 nitrogen and oxygen atoms in total. The summed E-state index contributed by atoms with van der Waals surface area (Å²) in [7, 11) is 0. The lowest BCUT2D eigenvalue weighted by Gasteiger charge is -2.08. The van der Waals surface area contributed by atoms with E-state index in [9.17, 15) is 4.79 Å². The lowest BCUT2D eigenvalue weighted by atomic mass is 10.1. The summed E-state index contributed by atoms with van der Waals surface area (Å²) in [6.45, 7) is 3.99. The molecule has 0 saturated carbocycles. The van der Waals surface area contributed by atoms with Crippen LogP contribution in [0.1, 0.15) is 16.8 Å². The minimum atomic E-state index is -0.0959. The van der Waals surface area contributed by atoms with Gasteiger partial charge in [-0.05, 0) is 37.6 Å². The summed E-state index contributed by atoms with van der Waals surface area (Å²) in [5.41, 5.74) is 4.76. The summed E-state index contributed by atoms with van der Waals surface area (Å²) in [5, 5.41) is 6.37. The number of amides is 1. The number of rotatable bonds is 4. The molecule has 0 spiro atoms. The summed E-state index contributed by atoms with van der Waals surface area (Å²) in [5.74, 6) is -0.0959. The van der Waals surface area contributed by atoms with E-state index < -0.39 is 0 Å². The van der Waals surface area contributed by atoms with Crippen LogP contribution >= 0.6 is 22.9 Å². The molecule has 1 heterocycles. The standard InChI is InChI=1S/C19H17ClN2OS/c1-12-4-3-5-14(8-12)19-21-16(11-24-19)10-18(23)22-17-9-15(20)7-6-13(17)2/h3-9,11H,10H2,1-2H3,(H,22,23). The molecule has 0 aliphatic carbocycles. The third-order valence-electron chi connectivity index (χ3n) is 3.63. The van der Waals surface area contributed by atoms with Gasteiger partial charge in [0.25, 0.3) is 0 Å². The third-order valence-corrected chi connectivity index (χ3v) is 4.81. The van der Waals surface area contributed by atoms with E-state index in [0.717, 1.165) is 27.5 Å². The van der Waals surface area contributed by atoms with Gasteiger partial charge in [-0.15, -0.1) is 11.3 Å². The highest BCUT2D eigenvalue weighted by molar-refractivity contribution is 7.13. The Bertz CT molecular complexity index is 889. The minimum absolute atomic E-state index is 0.0959. The number of nitrogens with one attached hydrogen (secondary N) is 1. The van der Waals surface area contributed by atoms with Crippen LogP contribution in [-0.2, 0) is 11.2 Å². The van der Waals surface area contributed by atoms with E-state index in [1.165, 1.54) is 5.56 Å². The van der Waals surface area contributed by atoms with Gasteiger partial charge in [-0.2, -0.15) is 0 Å². The number of anilines is 1. The van der Waals surface area contributed by atoms with Gasteiger partial charge in [0.1, 0.15) is 5.01 Å². The monoisotopic (exact) mass is 356 g/mol. The maximum Gasteiger partial charge on any atom is 0.230 e. The van der Waals surface area contributed by atoms with E-state index in [1.54, 1.807) is 23.5 Å². The Balaban J connectivity index is 1.70. The van der Waals surface area contributed by atoms with Crippen LogP contribution < -0.4 is 5.32 Å².